The van der Waals surface area contributed by atoms with E-state index in [9.17, 15) is 4.79 Å². The van der Waals surface area contributed by atoms with Crippen molar-refractivity contribution in [2.24, 2.45) is 5.73 Å². The molecule has 0 bridgehead atoms. The molecule has 1 aliphatic rings. The third-order valence-corrected chi connectivity index (χ3v) is 3.37. The van der Waals surface area contributed by atoms with Gasteiger partial charge in [0, 0.05) is 42.5 Å². The highest BCUT2D eigenvalue weighted by Gasteiger charge is 2.29. The molecule has 3 heterocycles. The monoisotopic (exact) mass is 353 g/mol. The predicted molar refractivity (Wildman–Crippen MR) is 94.3 cm³/mol. The summed E-state index contributed by atoms with van der Waals surface area (Å²) < 4.78 is 0. The SMILES string of the molecule is Cl.Cl.NCc1ccc(N2NC=C(c3cccnc3)C2C=O)nc1. The lowest BCUT2D eigenvalue weighted by atomic mass is 10.0. The van der Waals surface area contributed by atoms with Crippen LogP contribution in [0.1, 0.15) is 11.1 Å². The largest absolute Gasteiger partial charge is 0.326 e. The van der Waals surface area contributed by atoms with Crippen LogP contribution in [0.3, 0.4) is 0 Å². The number of aldehydes is 1. The molecule has 0 amide bonds. The summed E-state index contributed by atoms with van der Waals surface area (Å²) in [5, 5.41) is 1.72. The standard InChI is InChI=1S/C15H15N5O.2ClH/c16-6-11-3-4-15(18-7-11)20-14(10-21)13(9-19-20)12-2-1-5-17-8-12;;/h1-5,7-10,14,19H,6,16H2;2*1H. The zero-order chi connectivity index (χ0) is 14.7. The molecule has 0 radical (unpaired) electrons. The van der Waals surface area contributed by atoms with Crippen molar-refractivity contribution in [2.75, 3.05) is 5.01 Å². The first-order valence-electron chi connectivity index (χ1n) is 6.59. The Morgan fingerprint density at radius 1 is 1.26 bits per heavy atom. The van der Waals surface area contributed by atoms with Gasteiger partial charge in [0.15, 0.2) is 0 Å². The Morgan fingerprint density at radius 2 is 2.09 bits per heavy atom. The lowest BCUT2D eigenvalue weighted by molar-refractivity contribution is -0.107. The molecule has 6 nitrogen and oxygen atoms in total. The summed E-state index contributed by atoms with van der Waals surface area (Å²) in [7, 11) is 0. The number of carbonyl (C=O) groups is 1. The number of nitrogens with zero attached hydrogens (tertiary/aromatic N) is 3. The van der Waals surface area contributed by atoms with E-state index in [0.717, 1.165) is 23.0 Å². The van der Waals surface area contributed by atoms with Crippen LogP contribution in [0, 0.1) is 0 Å². The fourth-order valence-corrected chi connectivity index (χ4v) is 2.25. The van der Waals surface area contributed by atoms with Gasteiger partial charge >= 0.3 is 0 Å². The van der Waals surface area contributed by atoms with Gasteiger partial charge in [0.2, 0.25) is 0 Å². The normalized spacial score (nSPS) is 15.8. The molecule has 3 rings (SSSR count). The molecule has 0 fully saturated rings. The van der Waals surface area contributed by atoms with E-state index < -0.39 is 6.04 Å². The Labute approximate surface area is 146 Å². The summed E-state index contributed by atoms with van der Waals surface area (Å²) >= 11 is 0. The highest BCUT2D eigenvalue weighted by Crippen LogP contribution is 2.27. The Hall–Kier alpha value is -2.15. The van der Waals surface area contributed by atoms with Crippen molar-refractivity contribution < 1.29 is 4.79 Å². The maximum absolute atomic E-state index is 11.5. The lowest BCUT2D eigenvalue weighted by Gasteiger charge is -2.23. The summed E-state index contributed by atoms with van der Waals surface area (Å²) in [6, 6.07) is 7.06. The van der Waals surface area contributed by atoms with Crippen molar-refractivity contribution in [2.45, 2.75) is 12.6 Å². The summed E-state index contributed by atoms with van der Waals surface area (Å²) in [5.74, 6) is 0.666. The number of aromatic nitrogens is 2. The van der Waals surface area contributed by atoms with Crippen LogP contribution in [0.15, 0.2) is 49.1 Å². The number of hydrazine groups is 1. The third-order valence-electron chi connectivity index (χ3n) is 3.37. The van der Waals surface area contributed by atoms with Crippen LogP contribution in [0.2, 0.25) is 0 Å². The molecule has 122 valence electrons. The molecular weight excluding hydrogens is 337 g/mol. The lowest BCUT2D eigenvalue weighted by Crippen LogP contribution is -2.40. The van der Waals surface area contributed by atoms with Crippen molar-refractivity contribution in [3.8, 4) is 0 Å². The number of pyridine rings is 2. The second-order valence-electron chi connectivity index (χ2n) is 4.65. The molecule has 2 aromatic heterocycles. The Bertz CT molecular complexity index is 663. The van der Waals surface area contributed by atoms with Crippen LogP contribution in [-0.4, -0.2) is 22.3 Å². The quantitative estimate of drug-likeness (QED) is 0.814. The Kier molecular flexibility index (Phi) is 6.96. The fraction of sp³-hybridized carbons (Fsp3) is 0.133. The van der Waals surface area contributed by atoms with E-state index in [0.29, 0.717) is 12.4 Å². The van der Waals surface area contributed by atoms with Crippen molar-refractivity contribution in [3.05, 3.63) is 60.2 Å². The van der Waals surface area contributed by atoms with Crippen LogP contribution < -0.4 is 16.2 Å². The number of nitrogens with one attached hydrogen (secondary N) is 1. The first-order valence-corrected chi connectivity index (χ1v) is 6.59. The zero-order valence-corrected chi connectivity index (χ0v) is 13.8. The molecule has 0 saturated carbocycles. The van der Waals surface area contributed by atoms with E-state index in [-0.39, 0.29) is 24.8 Å². The average molecular weight is 354 g/mol. The minimum Gasteiger partial charge on any atom is -0.326 e. The summed E-state index contributed by atoms with van der Waals surface area (Å²) in [4.78, 5) is 19.9. The Morgan fingerprint density at radius 3 is 2.65 bits per heavy atom. The molecular formula is C15H17Cl2N5O. The van der Waals surface area contributed by atoms with Gasteiger partial charge in [-0.05, 0) is 17.7 Å². The van der Waals surface area contributed by atoms with Gasteiger partial charge in [-0.15, -0.1) is 24.8 Å². The van der Waals surface area contributed by atoms with Crippen LogP contribution in [-0.2, 0) is 11.3 Å². The number of carbonyl (C=O) groups excluding carboxylic acids is 1. The molecule has 0 saturated heterocycles. The van der Waals surface area contributed by atoms with Gasteiger partial charge in [0.25, 0.3) is 0 Å². The van der Waals surface area contributed by atoms with Crippen LogP contribution in [0.4, 0.5) is 5.82 Å². The summed E-state index contributed by atoms with van der Waals surface area (Å²) in [5.41, 5.74) is 11.4. The van der Waals surface area contributed by atoms with Gasteiger partial charge in [-0.1, -0.05) is 12.1 Å². The Balaban J connectivity index is 0.00000132. The average Bonchev–Trinajstić information content (AvgIpc) is 2.99. The van der Waals surface area contributed by atoms with Crippen LogP contribution in [0.5, 0.6) is 0 Å². The van der Waals surface area contributed by atoms with Gasteiger partial charge in [-0.25, -0.2) is 4.98 Å². The minimum absolute atomic E-state index is 0. The van der Waals surface area contributed by atoms with Crippen LogP contribution in [0.25, 0.3) is 5.57 Å². The molecule has 23 heavy (non-hydrogen) atoms. The highest BCUT2D eigenvalue weighted by molar-refractivity contribution is 5.89. The van der Waals surface area contributed by atoms with Gasteiger partial charge in [-0.3, -0.25) is 9.99 Å². The van der Waals surface area contributed by atoms with E-state index in [1.54, 1.807) is 29.8 Å². The molecule has 0 spiro atoms. The van der Waals surface area contributed by atoms with Gasteiger partial charge in [0.05, 0.1) is 0 Å². The van der Waals surface area contributed by atoms with E-state index in [4.69, 9.17) is 5.73 Å². The van der Waals surface area contributed by atoms with Gasteiger partial charge < -0.3 is 16.0 Å². The topological polar surface area (TPSA) is 84.1 Å². The highest BCUT2D eigenvalue weighted by atomic mass is 35.5. The van der Waals surface area contributed by atoms with Crippen molar-refractivity contribution >= 4 is 42.5 Å². The van der Waals surface area contributed by atoms with Crippen molar-refractivity contribution in [1.82, 2.24) is 15.4 Å². The van der Waals surface area contributed by atoms with Gasteiger partial charge in [0.1, 0.15) is 18.1 Å². The number of nitrogens with two attached hydrogens (primary N) is 1. The smallest absolute Gasteiger partial charge is 0.149 e. The van der Waals surface area contributed by atoms with E-state index >= 15 is 0 Å². The van der Waals surface area contributed by atoms with Gasteiger partial charge in [-0.2, -0.15) is 0 Å². The van der Waals surface area contributed by atoms with Crippen LogP contribution >= 0.6 is 24.8 Å². The third kappa shape index (κ3) is 3.79. The number of rotatable bonds is 4. The minimum atomic E-state index is -0.439. The number of anilines is 1. The van der Waals surface area contributed by atoms with E-state index in [1.807, 2.05) is 24.3 Å². The zero-order valence-electron chi connectivity index (χ0n) is 12.1. The molecule has 0 aliphatic carbocycles. The number of halogens is 2. The summed E-state index contributed by atoms with van der Waals surface area (Å²) in [6.07, 6.45) is 7.83. The first-order chi connectivity index (χ1) is 10.3. The summed E-state index contributed by atoms with van der Waals surface area (Å²) in [6.45, 7) is 0.441. The molecule has 1 atom stereocenters. The molecule has 1 unspecified atom stereocenters. The number of hydrogen-bond acceptors (Lipinski definition) is 6. The number of hydrogen-bond donors (Lipinski definition) is 2. The second kappa shape index (κ2) is 8.47. The second-order valence-corrected chi connectivity index (χ2v) is 4.65. The molecule has 1 aliphatic heterocycles. The fourth-order valence-electron chi connectivity index (χ4n) is 2.25. The first kappa shape index (κ1) is 18.9. The van der Waals surface area contributed by atoms with E-state index in [1.165, 1.54) is 0 Å². The predicted octanol–water partition coefficient (Wildman–Crippen LogP) is 1.71. The molecule has 3 N–H and O–H groups in total. The molecule has 0 aromatic carbocycles. The maximum atomic E-state index is 11.5. The maximum Gasteiger partial charge on any atom is 0.149 e. The molecule has 8 heteroatoms. The van der Waals surface area contributed by atoms with Crippen molar-refractivity contribution in [1.29, 1.82) is 0 Å². The van der Waals surface area contributed by atoms with E-state index in [2.05, 4.69) is 15.4 Å². The molecule has 2 aromatic rings. The van der Waals surface area contributed by atoms with Crippen molar-refractivity contribution in [3.63, 3.8) is 0 Å².